The first-order valence-corrected chi connectivity index (χ1v) is 9.72. The summed E-state index contributed by atoms with van der Waals surface area (Å²) >= 11 is 0. The molecule has 120 valence electrons. The van der Waals surface area contributed by atoms with Crippen LogP contribution in [0.5, 0.6) is 0 Å². The number of aryl methyl sites for hydroxylation is 2. The summed E-state index contributed by atoms with van der Waals surface area (Å²) in [4.78, 5) is 0. The zero-order chi connectivity index (χ0) is 15.9. The van der Waals surface area contributed by atoms with Crippen LogP contribution in [0.3, 0.4) is 0 Å². The number of rotatable bonds is 9. The molecule has 0 fully saturated rings. The lowest BCUT2D eigenvalue weighted by atomic mass is 9.96. The Kier molecular flexibility index (Phi) is 7.40. The van der Waals surface area contributed by atoms with Crippen LogP contribution in [-0.2, 0) is 9.84 Å². The minimum absolute atomic E-state index is 0.240. The van der Waals surface area contributed by atoms with E-state index in [2.05, 4.69) is 44.3 Å². The molecule has 0 heterocycles. The van der Waals surface area contributed by atoms with Gasteiger partial charge < -0.3 is 5.32 Å². The molecule has 0 aromatic heterocycles. The number of benzene rings is 1. The first-order chi connectivity index (χ1) is 9.89. The van der Waals surface area contributed by atoms with Gasteiger partial charge in [0.2, 0.25) is 0 Å². The Hall–Kier alpha value is -0.870. The summed E-state index contributed by atoms with van der Waals surface area (Å²) in [6.07, 6.45) is 2.66. The smallest absolute Gasteiger partial charge is 0.150 e. The molecule has 1 atom stereocenters. The van der Waals surface area contributed by atoms with Crippen molar-refractivity contribution >= 4 is 9.84 Å². The highest BCUT2D eigenvalue weighted by atomic mass is 32.2. The van der Waals surface area contributed by atoms with Crippen molar-refractivity contribution in [1.82, 2.24) is 5.32 Å². The van der Waals surface area contributed by atoms with Gasteiger partial charge in [0, 0.05) is 11.8 Å². The topological polar surface area (TPSA) is 46.2 Å². The summed E-state index contributed by atoms with van der Waals surface area (Å²) in [6.45, 7) is 9.04. The number of hydrogen-bond donors (Lipinski definition) is 1. The van der Waals surface area contributed by atoms with Crippen LogP contribution in [0.15, 0.2) is 18.2 Å². The van der Waals surface area contributed by atoms with E-state index in [0.29, 0.717) is 12.2 Å². The monoisotopic (exact) mass is 311 g/mol. The van der Waals surface area contributed by atoms with E-state index in [0.717, 1.165) is 19.4 Å². The van der Waals surface area contributed by atoms with E-state index in [9.17, 15) is 8.42 Å². The Morgan fingerprint density at radius 1 is 1.19 bits per heavy atom. The molecule has 1 unspecified atom stereocenters. The largest absolute Gasteiger partial charge is 0.310 e. The SMILES string of the molecule is CCCNC(CCCS(=O)(=O)CC)c1cc(C)ccc1C. The maximum atomic E-state index is 11.6. The van der Waals surface area contributed by atoms with E-state index in [1.807, 2.05) is 0 Å². The zero-order valence-electron chi connectivity index (χ0n) is 13.8. The molecule has 1 N–H and O–H groups in total. The fraction of sp³-hybridized carbons (Fsp3) is 0.647. The molecule has 1 aromatic carbocycles. The van der Waals surface area contributed by atoms with Crippen molar-refractivity contribution in [2.45, 2.75) is 53.0 Å². The maximum absolute atomic E-state index is 11.6. The molecule has 21 heavy (non-hydrogen) atoms. The van der Waals surface area contributed by atoms with Crippen LogP contribution in [0.25, 0.3) is 0 Å². The normalized spacial score (nSPS) is 13.3. The first-order valence-electron chi connectivity index (χ1n) is 7.90. The molecule has 0 saturated heterocycles. The lowest BCUT2D eigenvalue weighted by Gasteiger charge is -2.21. The molecule has 3 nitrogen and oxygen atoms in total. The fourth-order valence-electron chi connectivity index (χ4n) is 2.47. The molecule has 0 amide bonds. The zero-order valence-corrected chi connectivity index (χ0v) is 14.6. The minimum Gasteiger partial charge on any atom is -0.310 e. The third-order valence-corrected chi connectivity index (χ3v) is 5.63. The van der Waals surface area contributed by atoms with Crippen molar-refractivity contribution in [3.8, 4) is 0 Å². The van der Waals surface area contributed by atoms with Gasteiger partial charge in [0.05, 0.1) is 5.75 Å². The summed E-state index contributed by atoms with van der Waals surface area (Å²) < 4.78 is 23.3. The van der Waals surface area contributed by atoms with Crippen LogP contribution in [-0.4, -0.2) is 26.5 Å². The second-order valence-corrected chi connectivity index (χ2v) is 8.22. The Bertz CT molecular complexity index is 538. The molecule has 0 aliphatic heterocycles. The third kappa shape index (κ3) is 6.18. The highest BCUT2D eigenvalue weighted by molar-refractivity contribution is 7.91. The van der Waals surface area contributed by atoms with Gasteiger partial charge in [-0.05, 0) is 50.8 Å². The van der Waals surface area contributed by atoms with Gasteiger partial charge in [-0.3, -0.25) is 0 Å². The van der Waals surface area contributed by atoms with Gasteiger partial charge in [-0.2, -0.15) is 0 Å². The molecular formula is C17H29NO2S. The second kappa shape index (κ2) is 8.54. The van der Waals surface area contributed by atoms with Gasteiger partial charge in [-0.1, -0.05) is 37.6 Å². The van der Waals surface area contributed by atoms with Gasteiger partial charge in [-0.25, -0.2) is 8.42 Å². The lowest BCUT2D eigenvalue weighted by Crippen LogP contribution is -2.24. The molecule has 0 saturated carbocycles. The molecule has 0 aliphatic carbocycles. The minimum atomic E-state index is -2.86. The van der Waals surface area contributed by atoms with Crippen LogP contribution in [0.2, 0.25) is 0 Å². The summed E-state index contributed by atoms with van der Waals surface area (Å²) in [5.74, 6) is 0.530. The van der Waals surface area contributed by atoms with E-state index in [1.54, 1.807) is 6.92 Å². The number of sulfone groups is 1. The van der Waals surface area contributed by atoms with E-state index < -0.39 is 9.84 Å². The van der Waals surface area contributed by atoms with Gasteiger partial charge in [0.15, 0.2) is 0 Å². The number of nitrogens with one attached hydrogen (secondary N) is 1. The van der Waals surface area contributed by atoms with Crippen molar-refractivity contribution in [3.63, 3.8) is 0 Å². The maximum Gasteiger partial charge on any atom is 0.150 e. The molecule has 0 spiro atoms. The van der Waals surface area contributed by atoms with Gasteiger partial charge in [-0.15, -0.1) is 0 Å². The van der Waals surface area contributed by atoms with Crippen molar-refractivity contribution < 1.29 is 8.42 Å². The van der Waals surface area contributed by atoms with Crippen LogP contribution in [0, 0.1) is 13.8 Å². The second-order valence-electron chi connectivity index (χ2n) is 5.75. The van der Waals surface area contributed by atoms with Crippen molar-refractivity contribution in [1.29, 1.82) is 0 Å². The van der Waals surface area contributed by atoms with Crippen molar-refractivity contribution in [2.75, 3.05) is 18.1 Å². The summed E-state index contributed by atoms with van der Waals surface area (Å²) in [6, 6.07) is 6.74. The Labute approximate surface area is 130 Å². The summed E-state index contributed by atoms with van der Waals surface area (Å²) in [7, 11) is -2.86. The van der Waals surface area contributed by atoms with Gasteiger partial charge >= 0.3 is 0 Å². The highest BCUT2D eigenvalue weighted by Crippen LogP contribution is 2.23. The van der Waals surface area contributed by atoms with E-state index in [4.69, 9.17) is 0 Å². The predicted octanol–water partition coefficient (Wildman–Crippen LogP) is 3.56. The fourth-order valence-corrected chi connectivity index (χ4v) is 3.37. The standard InChI is InChI=1S/C17H29NO2S/c1-5-11-18-17(8-7-12-21(19,20)6-2)16-13-14(3)9-10-15(16)4/h9-10,13,17-18H,5-8,11-12H2,1-4H3. The van der Waals surface area contributed by atoms with Crippen LogP contribution in [0.4, 0.5) is 0 Å². The molecule has 0 radical (unpaired) electrons. The molecule has 4 heteroatoms. The molecule has 1 aromatic rings. The van der Waals surface area contributed by atoms with Crippen LogP contribution < -0.4 is 5.32 Å². The van der Waals surface area contributed by atoms with E-state index in [-0.39, 0.29) is 11.8 Å². The molecular weight excluding hydrogens is 282 g/mol. The summed E-state index contributed by atoms with van der Waals surface area (Å²) in [5.41, 5.74) is 3.82. The van der Waals surface area contributed by atoms with E-state index >= 15 is 0 Å². The van der Waals surface area contributed by atoms with E-state index in [1.165, 1.54) is 16.7 Å². The Morgan fingerprint density at radius 2 is 1.90 bits per heavy atom. The first kappa shape index (κ1) is 18.2. The Morgan fingerprint density at radius 3 is 2.52 bits per heavy atom. The molecule has 0 aliphatic rings. The third-order valence-electron chi connectivity index (χ3n) is 3.84. The predicted molar refractivity (Wildman–Crippen MR) is 90.5 cm³/mol. The molecule has 1 rings (SSSR count). The summed E-state index contributed by atoms with van der Waals surface area (Å²) in [5, 5.41) is 3.56. The Balaban J connectivity index is 2.78. The van der Waals surface area contributed by atoms with Crippen LogP contribution >= 0.6 is 0 Å². The highest BCUT2D eigenvalue weighted by Gasteiger charge is 2.15. The van der Waals surface area contributed by atoms with Gasteiger partial charge in [0.1, 0.15) is 9.84 Å². The van der Waals surface area contributed by atoms with Crippen LogP contribution in [0.1, 0.15) is 55.8 Å². The van der Waals surface area contributed by atoms with Gasteiger partial charge in [0.25, 0.3) is 0 Å². The van der Waals surface area contributed by atoms with Crippen molar-refractivity contribution in [3.05, 3.63) is 34.9 Å². The quantitative estimate of drug-likeness (QED) is 0.758. The van der Waals surface area contributed by atoms with Crippen molar-refractivity contribution in [2.24, 2.45) is 0 Å². The molecule has 0 bridgehead atoms. The average Bonchev–Trinajstić information content (AvgIpc) is 2.45. The average molecular weight is 311 g/mol. The number of hydrogen-bond acceptors (Lipinski definition) is 3. The lowest BCUT2D eigenvalue weighted by molar-refractivity contribution is 0.490.